The predicted octanol–water partition coefficient (Wildman–Crippen LogP) is 0.592. The SMILES string of the molecule is Cn1c(=O)c2c(nc(Cl)n2Cc2nccs2)n(C)c1=O. The lowest BCUT2D eigenvalue weighted by Gasteiger charge is -2.05. The van der Waals surface area contributed by atoms with Gasteiger partial charge in [-0.3, -0.25) is 13.9 Å². The van der Waals surface area contributed by atoms with Crippen LogP contribution in [0.2, 0.25) is 5.28 Å². The first-order valence-corrected chi connectivity index (χ1v) is 6.96. The summed E-state index contributed by atoms with van der Waals surface area (Å²) in [6.45, 7) is 0.348. The van der Waals surface area contributed by atoms with Gasteiger partial charge in [0.05, 0.1) is 6.54 Å². The molecule has 0 aliphatic carbocycles. The zero-order chi connectivity index (χ0) is 14.4. The Bertz CT molecular complexity index is 906. The minimum Gasteiger partial charge on any atom is -0.302 e. The first-order valence-electron chi connectivity index (χ1n) is 5.71. The maximum Gasteiger partial charge on any atom is 0.332 e. The number of aromatic nitrogens is 5. The third-order valence-electron chi connectivity index (χ3n) is 3.08. The average Bonchev–Trinajstić information content (AvgIpc) is 3.04. The average molecular weight is 312 g/mol. The molecule has 0 N–H and O–H groups in total. The Labute approximate surface area is 121 Å². The molecule has 0 radical (unpaired) electrons. The van der Waals surface area contributed by atoms with Gasteiger partial charge in [-0.2, -0.15) is 4.98 Å². The summed E-state index contributed by atoms with van der Waals surface area (Å²) in [5, 5.41) is 2.81. The number of imidazole rings is 1. The fraction of sp³-hybridized carbons (Fsp3) is 0.273. The molecule has 0 aliphatic heterocycles. The van der Waals surface area contributed by atoms with E-state index >= 15 is 0 Å². The molecule has 0 bridgehead atoms. The number of hydrogen-bond donors (Lipinski definition) is 0. The number of hydrogen-bond acceptors (Lipinski definition) is 5. The fourth-order valence-electron chi connectivity index (χ4n) is 2.03. The molecule has 3 aromatic heterocycles. The van der Waals surface area contributed by atoms with Crippen molar-refractivity contribution in [1.29, 1.82) is 0 Å². The number of rotatable bonds is 2. The van der Waals surface area contributed by atoms with Gasteiger partial charge >= 0.3 is 5.69 Å². The normalized spacial score (nSPS) is 11.3. The highest BCUT2D eigenvalue weighted by Gasteiger charge is 2.18. The van der Waals surface area contributed by atoms with Gasteiger partial charge in [0, 0.05) is 25.7 Å². The Morgan fingerprint density at radius 2 is 2.05 bits per heavy atom. The number of fused-ring (bicyclic) bond motifs is 1. The second-order valence-electron chi connectivity index (χ2n) is 4.27. The first kappa shape index (κ1) is 13.1. The molecule has 0 aromatic carbocycles. The Morgan fingerprint density at radius 1 is 1.30 bits per heavy atom. The lowest BCUT2D eigenvalue weighted by Crippen LogP contribution is -2.37. The van der Waals surface area contributed by atoms with E-state index in [1.165, 1.54) is 23.0 Å². The van der Waals surface area contributed by atoms with Crippen LogP contribution in [0.5, 0.6) is 0 Å². The topological polar surface area (TPSA) is 74.7 Å². The van der Waals surface area contributed by atoms with Gasteiger partial charge in [-0.05, 0) is 11.6 Å². The number of thiazole rings is 1. The smallest absolute Gasteiger partial charge is 0.302 e. The standard InChI is InChI=1S/C11H10ClN5O2S/c1-15-8-7(9(18)16(2)11(15)19)17(10(12)14-8)5-6-13-3-4-20-6/h3-4H,5H2,1-2H3. The van der Waals surface area contributed by atoms with Crippen LogP contribution in [0.3, 0.4) is 0 Å². The maximum absolute atomic E-state index is 12.3. The summed E-state index contributed by atoms with van der Waals surface area (Å²) < 4.78 is 3.91. The molecule has 0 amide bonds. The zero-order valence-corrected chi connectivity index (χ0v) is 12.3. The summed E-state index contributed by atoms with van der Waals surface area (Å²) in [5.41, 5.74) is -0.272. The molecule has 3 heterocycles. The molecule has 0 aliphatic rings. The number of nitrogens with zero attached hydrogens (tertiary/aromatic N) is 5. The van der Waals surface area contributed by atoms with Crippen molar-refractivity contribution < 1.29 is 0 Å². The first-order chi connectivity index (χ1) is 9.50. The molecular formula is C11H10ClN5O2S. The van der Waals surface area contributed by atoms with Gasteiger partial charge in [0.15, 0.2) is 11.2 Å². The van der Waals surface area contributed by atoms with Gasteiger partial charge in [0.1, 0.15) is 5.01 Å². The molecule has 0 spiro atoms. The monoisotopic (exact) mass is 311 g/mol. The molecule has 0 saturated carbocycles. The molecule has 104 valence electrons. The molecule has 20 heavy (non-hydrogen) atoms. The Morgan fingerprint density at radius 3 is 2.70 bits per heavy atom. The molecule has 3 rings (SSSR count). The van der Waals surface area contributed by atoms with Crippen LogP contribution in [0.15, 0.2) is 21.2 Å². The molecular weight excluding hydrogens is 302 g/mol. The van der Waals surface area contributed by atoms with E-state index in [4.69, 9.17) is 11.6 Å². The largest absolute Gasteiger partial charge is 0.332 e. The van der Waals surface area contributed by atoms with E-state index in [1.54, 1.807) is 17.8 Å². The van der Waals surface area contributed by atoms with Crippen LogP contribution in [0.25, 0.3) is 11.2 Å². The van der Waals surface area contributed by atoms with E-state index in [0.717, 1.165) is 9.57 Å². The van der Waals surface area contributed by atoms with Gasteiger partial charge in [-0.25, -0.2) is 9.78 Å². The fourth-order valence-corrected chi connectivity index (χ4v) is 2.86. The van der Waals surface area contributed by atoms with Crippen molar-refractivity contribution >= 4 is 34.1 Å². The Balaban J connectivity index is 2.36. The van der Waals surface area contributed by atoms with Crippen molar-refractivity contribution in [1.82, 2.24) is 23.7 Å². The van der Waals surface area contributed by atoms with Crippen LogP contribution < -0.4 is 11.2 Å². The lowest BCUT2D eigenvalue weighted by molar-refractivity contribution is 0.702. The highest BCUT2D eigenvalue weighted by molar-refractivity contribution is 7.09. The molecule has 9 heteroatoms. The predicted molar refractivity (Wildman–Crippen MR) is 76.4 cm³/mol. The van der Waals surface area contributed by atoms with Gasteiger partial charge in [0.25, 0.3) is 5.56 Å². The summed E-state index contributed by atoms with van der Waals surface area (Å²) in [6.07, 6.45) is 1.68. The molecule has 0 atom stereocenters. The van der Waals surface area contributed by atoms with Crippen LogP contribution in [-0.4, -0.2) is 23.7 Å². The van der Waals surface area contributed by atoms with Crippen molar-refractivity contribution in [3.8, 4) is 0 Å². The Kier molecular flexibility index (Phi) is 2.98. The molecule has 7 nitrogen and oxygen atoms in total. The van der Waals surface area contributed by atoms with Crippen LogP contribution in [0.1, 0.15) is 5.01 Å². The molecule has 0 saturated heterocycles. The van der Waals surface area contributed by atoms with Crippen molar-refractivity contribution in [2.75, 3.05) is 0 Å². The van der Waals surface area contributed by atoms with E-state index in [0.29, 0.717) is 12.1 Å². The third kappa shape index (κ3) is 1.80. The summed E-state index contributed by atoms with van der Waals surface area (Å²) >= 11 is 7.56. The second kappa shape index (κ2) is 4.57. The van der Waals surface area contributed by atoms with Crippen LogP contribution in [0, 0.1) is 0 Å². The summed E-state index contributed by atoms with van der Waals surface area (Å²) in [4.78, 5) is 32.4. The third-order valence-corrected chi connectivity index (χ3v) is 4.13. The highest BCUT2D eigenvalue weighted by atomic mass is 35.5. The van der Waals surface area contributed by atoms with Crippen LogP contribution in [-0.2, 0) is 20.6 Å². The lowest BCUT2D eigenvalue weighted by atomic mass is 10.5. The van der Waals surface area contributed by atoms with E-state index in [1.807, 2.05) is 5.38 Å². The van der Waals surface area contributed by atoms with E-state index < -0.39 is 11.2 Å². The molecule has 3 aromatic rings. The maximum atomic E-state index is 12.3. The second-order valence-corrected chi connectivity index (χ2v) is 5.59. The minimum absolute atomic E-state index is 0.161. The summed E-state index contributed by atoms with van der Waals surface area (Å²) in [6, 6.07) is 0. The van der Waals surface area contributed by atoms with Crippen molar-refractivity contribution in [3.63, 3.8) is 0 Å². The highest BCUT2D eigenvalue weighted by Crippen LogP contribution is 2.18. The van der Waals surface area contributed by atoms with Crippen molar-refractivity contribution in [3.05, 3.63) is 42.7 Å². The summed E-state index contributed by atoms with van der Waals surface area (Å²) in [7, 11) is 2.99. The van der Waals surface area contributed by atoms with Crippen molar-refractivity contribution in [2.45, 2.75) is 6.54 Å². The Hall–Kier alpha value is -1.93. The number of aryl methyl sites for hydroxylation is 1. The van der Waals surface area contributed by atoms with E-state index in [2.05, 4.69) is 9.97 Å². The minimum atomic E-state index is -0.432. The molecule has 0 unspecified atom stereocenters. The van der Waals surface area contributed by atoms with Gasteiger partial charge < -0.3 is 4.57 Å². The van der Waals surface area contributed by atoms with Crippen LogP contribution in [0.4, 0.5) is 0 Å². The van der Waals surface area contributed by atoms with E-state index in [-0.39, 0.29) is 10.9 Å². The van der Waals surface area contributed by atoms with E-state index in [9.17, 15) is 9.59 Å². The molecule has 0 fully saturated rings. The van der Waals surface area contributed by atoms with Gasteiger partial charge in [-0.1, -0.05) is 0 Å². The van der Waals surface area contributed by atoms with Gasteiger partial charge in [0.2, 0.25) is 5.28 Å². The number of halogens is 1. The van der Waals surface area contributed by atoms with Crippen molar-refractivity contribution in [2.24, 2.45) is 14.1 Å². The zero-order valence-electron chi connectivity index (χ0n) is 10.7. The van der Waals surface area contributed by atoms with Gasteiger partial charge in [-0.15, -0.1) is 11.3 Å². The quantitative estimate of drug-likeness (QED) is 0.649. The van der Waals surface area contributed by atoms with Crippen LogP contribution >= 0.6 is 22.9 Å². The summed E-state index contributed by atoms with van der Waals surface area (Å²) in [5.74, 6) is 0.